The SMILES string of the molecule is CCCCc1cnc(N2CCN(S(=O)(=O)C3(C(=O)NO)CCOCC3)CC2)nc1.Cl. The molecule has 170 valence electrons. The number of aromatic nitrogens is 2. The molecule has 0 radical (unpaired) electrons. The van der Waals surface area contributed by atoms with Crippen molar-refractivity contribution in [3.8, 4) is 0 Å². The molecule has 0 unspecified atom stereocenters. The number of nitrogens with zero attached hydrogens (tertiary/aromatic N) is 4. The zero-order valence-corrected chi connectivity index (χ0v) is 18.8. The molecule has 2 N–H and O–H groups in total. The molecule has 0 aromatic carbocycles. The summed E-state index contributed by atoms with van der Waals surface area (Å²) in [6.45, 7) is 3.77. The van der Waals surface area contributed by atoms with Crippen LogP contribution in [-0.4, -0.2) is 77.9 Å². The summed E-state index contributed by atoms with van der Waals surface area (Å²) >= 11 is 0. The zero-order chi connectivity index (χ0) is 20.9. The molecule has 0 aliphatic carbocycles. The Bertz CT molecular complexity index is 794. The third-order valence-electron chi connectivity index (χ3n) is 5.68. The highest BCUT2D eigenvalue weighted by Crippen LogP contribution is 2.33. The van der Waals surface area contributed by atoms with Crippen molar-refractivity contribution in [1.29, 1.82) is 0 Å². The number of anilines is 1. The number of piperazine rings is 1. The highest BCUT2D eigenvalue weighted by atomic mass is 35.5. The summed E-state index contributed by atoms with van der Waals surface area (Å²) in [4.78, 5) is 23.1. The van der Waals surface area contributed by atoms with E-state index in [1.165, 1.54) is 4.31 Å². The molecule has 2 aliphatic rings. The van der Waals surface area contributed by atoms with Gasteiger partial charge in [0.05, 0.1) is 0 Å². The van der Waals surface area contributed by atoms with Crippen molar-refractivity contribution < 1.29 is 23.2 Å². The van der Waals surface area contributed by atoms with Crippen LogP contribution in [0.15, 0.2) is 12.4 Å². The lowest BCUT2D eigenvalue weighted by Crippen LogP contribution is -2.62. The van der Waals surface area contributed by atoms with Crippen molar-refractivity contribution in [3.05, 3.63) is 18.0 Å². The van der Waals surface area contributed by atoms with Crippen molar-refractivity contribution in [2.45, 2.75) is 43.8 Å². The van der Waals surface area contributed by atoms with Gasteiger partial charge < -0.3 is 9.64 Å². The van der Waals surface area contributed by atoms with Crippen LogP contribution < -0.4 is 10.4 Å². The van der Waals surface area contributed by atoms with Crippen LogP contribution in [-0.2, 0) is 26.0 Å². The van der Waals surface area contributed by atoms with Gasteiger partial charge in [0.2, 0.25) is 16.0 Å². The number of nitrogens with one attached hydrogen (secondary N) is 1. The first-order valence-electron chi connectivity index (χ1n) is 10.0. The van der Waals surface area contributed by atoms with Crippen LogP contribution in [0, 0.1) is 0 Å². The summed E-state index contributed by atoms with van der Waals surface area (Å²) in [5.41, 5.74) is 2.64. The molecule has 1 amide bonds. The number of ether oxygens (including phenoxy) is 1. The fourth-order valence-corrected chi connectivity index (χ4v) is 5.90. The number of aryl methyl sites for hydroxylation is 1. The maximum atomic E-state index is 13.3. The summed E-state index contributed by atoms with van der Waals surface area (Å²) in [5.74, 6) is -0.314. The minimum Gasteiger partial charge on any atom is -0.381 e. The first kappa shape index (κ1) is 24.7. The molecule has 30 heavy (non-hydrogen) atoms. The van der Waals surface area contributed by atoms with Crippen LogP contribution >= 0.6 is 12.4 Å². The van der Waals surface area contributed by atoms with Crippen molar-refractivity contribution in [2.24, 2.45) is 0 Å². The molecule has 10 nitrogen and oxygen atoms in total. The Morgan fingerprint density at radius 2 is 1.80 bits per heavy atom. The molecule has 3 rings (SSSR count). The van der Waals surface area contributed by atoms with Crippen molar-refractivity contribution >= 4 is 34.3 Å². The van der Waals surface area contributed by atoms with Crippen LogP contribution in [0.2, 0.25) is 0 Å². The fourth-order valence-electron chi connectivity index (χ4n) is 3.80. The maximum Gasteiger partial charge on any atom is 0.266 e. The van der Waals surface area contributed by atoms with Crippen LogP contribution in [0.3, 0.4) is 0 Å². The molecule has 1 aromatic heterocycles. The highest BCUT2D eigenvalue weighted by molar-refractivity contribution is 7.91. The quantitative estimate of drug-likeness (QED) is 0.448. The summed E-state index contributed by atoms with van der Waals surface area (Å²) in [5, 5.41) is 9.13. The lowest BCUT2D eigenvalue weighted by atomic mass is 9.98. The lowest BCUT2D eigenvalue weighted by Gasteiger charge is -2.41. The Kier molecular flexibility index (Phi) is 8.80. The van der Waals surface area contributed by atoms with E-state index in [1.807, 2.05) is 17.3 Å². The van der Waals surface area contributed by atoms with Gasteiger partial charge in [-0.25, -0.2) is 23.9 Å². The van der Waals surface area contributed by atoms with E-state index in [1.54, 1.807) is 5.48 Å². The molecule has 2 fully saturated rings. The standard InChI is InChI=1S/C18H29N5O5S.ClH/c1-2-3-4-15-13-19-17(20-14-15)22-7-9-23(10-8-22)29(26,27)18(16(24)21-25)5-11-28-12-6-18;/h13-14,25H,2-12H2,1H3,(H,21,24);1H. The van der Waals surface area contributed by atoms with E-state index >= 15 is 0 Å². The Hall–Kier alpha value is -1.53. The van der Waals surface area contributed by atoms with Gasteiger partial charge >= 0.3 is 0 Å². The van der Waals surface area contributed by atoms with Crippen molar-refractivity contribution in [3.63, 3.8) is 0 Å². The van der Waals surface area contributed by atoms with E-state index in [0.717, 1.165) is 24.8 Å². The van der Waals surface area contributed by atoms with E-state index in [4.69, 9.17) is 9.94 Å². The molecule has 0 spiro atoms. The number of hydrogen-bond donors (Lipinski definition) is 2. The topological polar surface area (TPSA) is 125 Å². The second kappa shape index (κ2) is 10.7. The third kappa shape index (κ3) is 4.86. The van der Waals surface area contributed by atoms with Gasteiger partial charge in [0.1, 0.15) is 0 Å². The minimum atomic E-state index is -3.97. The molecular formula is C18H30ClN5O5S. The zero-order valence-electron chi connectivity index (χ0n) is 17.1. The lowest BCUT2D eigenvalue weighted by molar-refractivity contribution is -0.134. The van der Waals surface area contributed by atoms with Gasteiger partial charge in [-0.05, 0) is 18.4 Å². The van der Waals surface area contributed by atoms with Crippen LogP contribution in [0.1, 0.15) is 38.2 Å². The van der Waals surface area contributed by atoms with Gasteiger partial charge in [-0.15, -0.1) is 12.4 Å². The second-order valence-corrected chi connectivity index (χ2v) is 9.68. The average Bonchev–Trinajstić information content (AvgIpc) is 2.78. The first-order valence-corrected chi connectivity index (χ1v) is 11.5. The largest absolute Gasteiger partial charge is 0.381 e. The molecule has 2 aliphatic heterocycles. The Balaban J connectivity index is 0.00000320. The molecule has 2 saturated heterocycles. The Morgan fingerprint density at radius 1 is 1.20 bits per heavy atom. The minimum absolute atomic E-state index is 0. The Morgan fingerprint density at radius 3 is 2.33 bits per heavy atom. The number of rotatable bonds is 7. The first-order chi connectivity index (χ1) is 13.9. The predicted octanol–water partition coefficient (Wildman–Crippen LogP) is 0.747. The molecule has 0 bridgehead atoms. The third-order valence-corrected chi connectivity index (χ3v) is 8.31. The summed E-state index contributed by atoms with van der Waals surface area (Å²) in [6.07, 6.45) is 6.83. The molecule has 1 aromatic rings. The van der Waals surface area contributed by atoms with Gasteiger partial charge in [0, 0.05) is 64.6 Å². The van der Waals surface area contributed by atoms with Crippen LogP contribution in [0.5, 0.6) is 0 Å². The average molecular weight is 464 g/mol. The number of carbonyl (C=O) groups is 1. The number of hydroxylamine groups is 1. The van der Waals surface area contributed by atoms with Gasteiger partial charge in [0.25, 0.3) is 5.91 Å². The van der Waals surface area contributed by atoms with E-state index in [-0.39, 0.29) is 51.6 Å². The normalized spacial score (nSPS) is 19.7. The number of halogens is 1. The van der Waals surface area contributed by atoms with E-state index in [9.17, 15) is 13.2 Å². The van der Waals surface area contributed by atoms with E-state index < -0.39 is 20.7 Å². The summed E-state index contributed by atoms with van der Waals surface area (Å²) < 4.78 is 31.5. The molecule has 3 heterocycles. The number of carbonyl (C=O) groups excluding carboxylic acids is 1. The number of unbranched alkanes of at least 4 members (excludes halogenated alkanes) is 1. The molecule has 0 saturated carbocycles. The summed E-state index contributed by atoms with van der Waals surface area (Å²) in [6, 6.07) is 0. The maximum absolute atomic E-state index is 13.3. The molecule has 12 heteroatoms. The van der Waals surface area contributed by atoms with Crippen LogP contribution in [0.25, 0.3) is 0 Å². The Labute approximate surface area is 183 Å². The number of amides is 1. The van der Waals surface area contributed by atoms with Gasteiger partial charge in [-0.3, -0.25) is 10.0 Å². The van der Waals surface area contributed by atoms with E-state index in [0.29, 0.717) is 19.0 Å². The highest BCUT2D eigenvalue weighted by Gasteiger charge is 2.54. The van der Waals surface area contributed by atoms with Gasteiger partial charge in [-0.1, -0.05) is 13.3 Å². The summed E-state index contributed by atoms with van der Waals surface area (Å²) in [7, 11) is -3.97. The number of sulfonamides is 1. The molecule has 0 atom stereocenters. The number of hydrogen-bond acceptors (Lipinski definition) is 8. The van der Waals surface area contributed by atoms with E-state index in [2.05, 4.69) is 16.9 Å². The van der Waals surface area contributed by atoms with Crippen LogP contribution in [0.4, 0.5) is 5.95 Å². The van der Waals surface area contributed by atoms with Crippen molar-refractivity contribution in [1.82, 2.24) is 19.8 Å². The van der Waals surface area contributed by atoms with Gasteiger partial charge in [-0.2, -0.15) is 4.31 Å². The molecular weight excluding hydrogens is 434 g/mol. The monoisotopic (exact) mass is 463 g/mol. The smallest absolute Gasteiger partial charge is 0.266 e. The second-order valence-electron chi connectivity index (χ2n) is 7.43. The van der Waals surface area contributed by atoms with Crippen molar-refractivity contribution in [2.75, 3.05) is 44.3 Å². The predicted molar refractivity (Wildman–Crippen MR) is 113 cm³/mol. The van der Waals surface area contributed by atoms with Gasteiger partial charge in [0.15, 0.2) is 4.75 Å². The fraction of sp³-hybridized carbons (Fsp3) is 0.722.